The van der Waals surface area contributed by atoms with Gasteiger partial charge in [-0.05, 0) is 71.3 Å². The van der Waals surface area contributed by atoms with Gasteiger partial charge in [0.2, 0.25) is 0 Å². The number of benzene rings is 1. The molecule has 1 aromatic heterocycles. The van der Waals surface area contributed by atoms with Crippen LogP contribution in [0.3, 0.4) is 0 Å². The lowest BCUT2D eigenvalue weighted by atomic mass is 9.77. The lowest BCUT2D eigenvalue weighted by Gasteiger charge is -2.35. The van der Waals surface area contributed by atoms with E-state index in [0.29, 0.717) is 24.0 Å². The monoisotopic (exact) mass is 404 g/mol. The molecule has 2 fully saturated rings. The van der Waals surface area contributed by atoms with Gasteiger partial charge in [-0.1, -0.05) is 0 Å². The summed E-state index contributed by atoms with van der Waals surface area (Å²) in [5.41, 5.74) is 1.34. The highest BCUT2D eigenvalue weighted by Gasteiger charge is 2.42. The number of hydrogen-bond donors (Lipinski definition) is 2. The number of nitrogens with one attached hydrogen (secondary N) is 1. The Bertz CT molecular complexity index is 783. The molecule has 2 aliphatic rings. The van der Waals surface area contributed by atoms with Crippen molar-refractivity contribution in [1.82, 2.24) is 10.2 Å². The molecular weight excluding hydrogens is 379 g/mol. The Morgan fingerprint density at radius 1 is 1.21 bits per heavy atom. The van der Waals surface area contributed by atoms with Crippen molar-refractivity contribution in [2.24, 2.45) is 11.8 Å². The van der Waals surface area contributed by atoms with Crippen LogP contribution in [0.4, 0.5) is 4.39 Å². The molecule has 0 spiro atoms. The van der Waals surface area contributed by atoms with Crippen molar-refractivity contribution < 1.29 is 19.0 Å². The van der Waals surface area contributed by atoms with Gasteiger partial charge in [0, 0.05) is 19.6 Å². The normalized spacial score (nSPS) is 27.4. The summed E-state index contributed by atoms with van der Waals surface area (Å²) in [6.45, 7) is 2.82. The molecule has 0 unspecified atom stereocenters. The maximum Gasteiger partial charge on any atom is 0.258 e. The lowest BCUT2D eigenvalue weighted by Crippen LogP contribution is -2.50. The van der Waals surface area contributed by atoms with Gasteiger partial charge in [0.05, 0.1) is 12.1 Å². The van der Waals surface area contributed by atoms with Crippen LogP contribution in [-0.2, 0) is 11.3 Å². The summed E-state index contributed by atoms with van der Waals surface area (Å²) < 4.78 is 18.3. The van der Waals surface area contributed by atoms with Crippen LogP contribution in [0.15, 0.2) is 41.1 Å². The van der Waals surface area contributed by atoms with Crippen molar-refractivity contribution in [1.29, 1.82) is 0 Å². The summed E-state index contributed by atoms with van der Waals surface area (Å²) in [5, 5.41) is 17.7. The molecule has 1 aliphatic carbocycles. The number of aliphatic hydroxyl groups excluding tert-OH is 1. The van der Waals surface area contributed by atoms with Crippen molar-refractivity contribution in [3.05, 3.63) is 52.5 Å². The number of carbonyl (C=O) groups is 1. The first-order valence-corrected chi connectivity index (χ1v) is 10.6. The number of ether oxygens (including phenoxy) is 1. The van der Waals surface area contributed by atoms with Gasteiger partial charge in [0.1, 0.15) is 11.6 Å². The molecule has 7 heteroatoms. The zero-order valence-electron chi connectivity index (χ0n) is 15.6. The van der Waals surface area contributed by atoms with Gasteiger partial charge in [-0.25, -0.2) is 4.39 Å². The minimum Gasteiger partial charge on any atom is -0.484 e. The van der Waals surface area contributed by atoms with E-state index in [1.165, 1.54) is 29.8 Å². The van der Waals surface area contributed by atoms with E-state index in [0.717, 1.165) is 26.1 Å². The van der Waals surface area contributed by atoms with Crippen LogP contribution < -0.4 is 10.1 Å². The Morgan fingerprint density at radius 2 is 1.96 bits per heavy atom. The molecule has 4 rings (SSSR count). The maximum absolute atomic E-state index is 12.9. The number of halogens is 1. The molecule has 4 atom stereocenters. The van der Waals surface area contributed by atoms with Gasteiger partial charge in [-0.3, -0.25) is 9.69 Å². The third-order valence-electron chi connectivity index (χ3n) is 5.73. The van der Waals surface area contributed by atoms with E-state index in [4.69, 9.17) is 4.74 Å². The summed E-state index contributed by atoms with van der Waals surface area (Å²) in [7, 11) is 0. The SMILES string of the molecule is O=C(COc1ccc(F)cc1)N[C@H]1C[C@H]2CN(Cc3ccsc3)C[C@H]2C[C@@H]1O. The molecular formula is C21H25FN2O3S. The molecule has 1 amide bonds. The molecule has 0 radical (unpaired) electrons. The van der Waals surface area contributed by atoms with E-state index in [2.05, 4.69) is 27.0 Å². The Hall–Kier alpha value is -1.96. The first-order chi connectivity index (χ1) is 13.6. The summed E-state index contributed by atoms with van der Waals surface area (Å²) in [6, 6.07) is 7.48. The first kappa shape index (κ1) is 19.4. The van der Waals surface area contributed by atoms with Crippen LogP contribution in [0.1, 0.15) is 18.4 Å². The fourth-order valence-electron chi connectivity index (χ4n) is 4.38. The summed E-state index contributed by atoms with van der Waals surface area (Å²) in [5.74, 6) is 0.810. The second-order valence-electron chi connectivity index (χ2n) is 7.80. The zero-order chi connectivity index (χ0) is 19.5. The number of hydrogen-bond acceptors (Lipinski definition) is 5. The van der Waals surface area contributed by atoms with Crippen LogP contribution in [0.2, 0.25) is 0 Å². The first-order valence-electron chi connectivity index (χ1n) is 9.66. The highest BCUT2D eigenvalue weighted by molar-refractivity contribution is 7.07. The fraction of sp³-hybridized carbons (Fsp3) is 0.476. The number of nitrogens with zero attached hydrogens (tertiary/aromatic N) is 1. The molecule has 150 valence electrons. The lowest BCUT2D eigenvalue weighted by molar-refractivity contribution is -0.125. The molecule has 5 nitrogen and oxygen atoms in total. The van der Waals surface area contributed by atoms with Crippen LogP contribution >= 0.6 is 11.3 Å². The van der Waals surface area contributed by atoms with Gasteiger partial charge in [-0.15, -0.1) is 0 Å². The molecule has 2 N–H and O–H groups in total. The van der Waals surface area contributed by atoms with E-state index in [1.807, 2.05) is 0 Å². The molecule has 2 aromatic rings. The average molecular weight is 405 g/mol. The Labute approximate surface area is 168 Å². The minimum absolute atomic E-state index is 0.146. The standard InChI is InChI=1S/C21H25FN2O3S/c22-17-1-3-18(4-2-17)27-12-21(26)23-19-7-15-10-24(9-14-5-6-28-13-14)11-16(15)8-20(19)25/h1-6,13,15-16,19-20,25H,7-12H2,(H,23,26)/t15-,16+,19-,20-/m0/s1. The van der Waals surface area contributed by atoms with Gasteiger partial charge < -0.3 is 15.2 Å². The minimum atomic E-state index is -0.530. The molecule has 1 aromatic carbocycles. The number of rotatable bonds is 6. The van der Waals surface area contributed by atoms with E-state index in [-0.39, 0.29) is 24.4 Å². The maximum atomic E-state index is 12.9. The van der Waals surface area contributed by atoms with Gasteiger partial charge in [0.15, 0.2) is 6.61 Å². The summed E-state index contributed by atoms with van der Waals surface area (Å²) in [4.78, 5) is 14.7. The van der Waals surface area contributed by atoms with E-state index in [9.17, 15) is 14.3 Å². The number of fused-ring (bicyclic) bond motifs is 1. The molecule has 1 aliphatic heterocycles. The molecule has 0 bridgehead atoms. The van der Waals surface area contributed by atoms with E-state index < -0.39 is 6.10 Å². The van der Waals surface area contributed by atoms with Crippen molar-refractivity contribution in [2.45, 2.75) is 31.5 Å². The largest absolute Gasteiger partial charge is 0.484 e. The number of thiophene rings is 1. The Morgan fingerprint density at radius 3 is 2.68 bits per heavy atom. The number of likely N-dealkylation sites (tertiary alicyclic amines) is 1. The Kier molecular flexibility index (Phi) is 5.94. The van der Waals surface area contributed by atoms with Crippen LogP contribution in [0.5, 0.6) is 5.75 Å². The van der Waals surface area contributed by atoms with Crippen molar-refractivity contribution in [3.63, 3.8) is 0 Å². The predicted molar refractivity (Wildman–Crippen MR) is 106 cm³/mol. The van der Waals surface area contributed by atoms with Crippen molar-refractivity contribution >= 4 is 17.2 Å². The number of aliphatic hydroxyl groups is 1. The predicted octanol–water partition coefficient (Wildman–Crippen LogP) is 2.65. The quantitative estimate of drug-likeness (QED) is 0.777. The highest BCUT2D eigenvalue weighted by Crippen LogP contribution is 2.37. The summed E-state index contributed by atoms with van der Waals surface area (Å²) in [6.07, 6.45) is 0.972. The smallest absolute Gasteiger partial charge is 0.258 e. The third-order valence-corrected chi connectivity index (χ3v) is 6.47. The average Bonchev–Trinajstić information content (AvgIpc) is 3.31. The van der Waals surface area contributed by atoms with Gasteiger partial charge in [-0.2, -0.15) is 11.3 Å². The second kappa shape index (κ2) is 8.59. The van der Waals surface area contributed by atoms with Crippen LogP contribution in [-0.4, -0.2) is 47.8 Å². The molecule has 1 saturated heterocycles. The molecule has 2 heterocycles. The molecule has 1 saturated carbocycles. The van der Waals surface area contributed by atoms with Crippen LogP contribution in [0, 0.1) is 17.7 Å². The summed E-state index contributed by atoms with van der Waals surface area (Å²) >= 11 is 1.72. The zero-order valence-corrected chi connectivity index (χ0v) is 16.4. The second-order valence-corrected chi connectivity index (χ2v) is 8.58. The van der Waals surface area contributed by atoms with Gasteiger partial charge >= 0.3 is 0 Å². The number of amides is 1. The third kappa shape index (κ3) is 4.71. The van der Waals surface area contributed by atoms with E-state index >= 15 is 0 Å². The highest BCUT2D eigenvalue weighted by atomic mass is 32.1. The molecule has 28 heavy (non-hydrogen) atoms. The van der Waals surface area contributed by atoms with Crippen molar-refractivity contribution in [3.8, 4) is 5.75 Å². The van der Waals surface area contributed by atoms with E-state index in [1.54, 1.807) is 11.3 Å². The van der Waals surface area contributed by atoms with Gasteiger partial charge in [0.25, 0.3) is 5.91 Å². The van der Waals surface area contributed by atoms with Crippen molar-refractivity contribution in [2.75, 3.05) is 19.7 Å². The fourth-order valence-corrected chi connectivity index (χ4v) is 5.04. The Balaban J connectivity index is 1.26. The number of carbonyl (C=O) groups excluding carboxylic acids is 1. The van der Waals surface area contributed by atoms with Crippen LogP contribution in [0.25, 0.3) is 0 Å². The topological polar surface area (TPSA) is 61.8 Å².